The van der Waals surface area contributed by atoms with Crippen LogP contribution in [0.2, 0.25) is 0 Å². The largest absolute Gasteiger partial charge is 0.312 e. The lowest BCUT2D eigenvalue weighted by atomic mass is 10.0. The molecule has 1 amide bonds. The van der Waals surface area contributed by atoms with Gasteiger partial charge in [0.2, 0.25) is 15.9 Å². The Morgan fingerprint density at radius 1 is 1.13 bits per heavy atom. The van der Waals surface area contributed by atoms with E-state index in [1.807, 2.05) is 24.3 Å². The number of rotatable bonds is 3. The summed E-state index contributed by atoms with van der Waals surface area (Å²) >= 11 is 1.57. The zero-order chi connectivity index (χ0) is 20.9. The van der Waals surface area contributed by atoms with Gasteiger partial charge in [-0.2, -0.15) is 4.31 Å². The number of hydrogen-bond acceptors (Lipinski definition) is 5. The van der Waals surface area contributed by atoms with Gasteiger partial charge >= 0.3 is 0 Å². The first-order valence-corrected chi connectivity index (χ1v) is 12.5. The maximum absolute atomic E-state index is 13.6. The Hall–Kier alpha value is -2.29. The molecule has 156 valence electrons. The zero-order valence-corrected chi connectivity index (χ0v) is 18.4. The van der Waals surface area contributed by atoms with E-state index in [2.05, 4.69) is 0 Å². The second-order valence-corrected chi connectivity index (χ2v) is 10.8. The fraction of sp³-hybridized carbons (Fsp3) is 0.364. The first kappa shape index (κ1) is 19.7. The summed E-state index contributed by atoms with van der Waals surface area (Å²) in [7, 11) is -3.65. The zero-order valence-electron chi connectivity index (χ0n) is 16.7. The topological polar surface area (TPSA) is 70.6 Å². The number of sulfonamides is 1. The minimum atomic E-state index is -3.65. The van der Waals surface area contributed by atoms with E-state index in [0.717, 1.165) is 52.2 Å². The van der Waals surface area contributed by atoms with Crippen molar-refractivity contribution in [1.29, 1.82) is 0 Å². The van der Waals surface area contributed by atoms with Gasteiger partial charge in [0.25, 0.3) is 0 Å². The number of fused-ring (bicyclic) bond motifs is 2. The van der Waals surface area contributed by atoms with Crippen LogP contribution >= 0.6 is 11.3 Å². The van der Waals surface area contributed by atoms with Gasteiger partial charge in [0.1, 0.15) is 5.01 Å². The number of aromatic nitrogens is 1. The van der Waals surface area contributed by atoms with Crippen molar-refractivity contribution < 1.29 is 13.2 Å². The number of aryl methyl sites for hydroxylation is 1. The van der Waals surface area contributed by atoms with E-state index in [9.17, 15) is 13.2 Å². The smallest absolute Gasteiger partial charge is 0.243 e. The Morgan fingerprint density at radius 3 is 2.77 bits per heavy atom. The Kier molecular flexibility index (Phi) is 4.88. The quantitative estimate of drug-likeness (QED) is 0.613. The van der Waals surface area contributed by atoms with Gasteiger partial charge in [0.05, 0.1) is 21.2 Å². The summed E-state index contributed by atoms with van der Waals surface area (Å²) in [6.07, 6.45) is 3.23. The van der Waals surface area contributed by atoms with Crippen LogP contribution in [0.25, 0.3) is 10.2 Å². The molecule has 1 fully saturated rings. The summed E-state index contributed by atoms with van der Waals surface area (Å²) in [5.74, 6) is -0.0120. The summed E-state index contributed by atoms with van der Waals surface area (Å²) in [6.45, 7) is 2.73. The summed E-state index contributed by atoms with van der Waals surface area (Å²) in [4.78, 5) is 18.7. The van der Waals surface area contributed by atoms with Crippen molar-refractivity contribution in [3.05, 3.63) is 53.0 Å². The average molecular weight is 442 g/mol. The normalized spacial score (nSPS) is 19.9. The van der Waals surface area contributed by atoms with Crippen LogP contribution in [0.4, 0.5) is 5.69 Å². The minimum absolute atomic E-state index is 0.0120. The molecule has 0 spiro atoms. The van der Waals surface area contributed by atoms with Crippen molar-refractivity contribution in [3.63, 3.8) is 0 Å². The molecule has 3 aromatic rings. The number of anilines is 1. The predicted octanol–water partition coefficient (Wildman–Crippen LogP) is 4.12. The molecule has 5 rings (SSSR count). The van der Waals surface area contributed by atoms with E-state index >= 15 is 0 Å². The van der Waals surface area contributed by atoms with Crippen molar-refractivity contribution in [2.45, 2.75) is 43.5 Å². The van der Waals surface area contributed by atoms with Crippen LogP contribution in [0, 0.1) is 0 Å². The monoisotopic (exact) mass is 441 g/mol. The molecule has 0 saturated carbocycles. The van der Waals surface area contributed by atoms with Crippen LogP contribution in [-0.2, 0) is 21.2 Å². The van der Waals surface area contributed by atoms with Gasteiger partial charge in [-0.15, -0.1) is 11.3 Å². The fourth-order valence-corrected chi connectivity index (χ4v) is 7.40. The molecule has 0 aliphatic carbocycles. The van der Waals surface area contributed by atoms with Gasteiger partial charge in [0.15, 0.2) is 0 Å². The number of thiazole rings is 1. The molecule has 0 N–H and O–H groups in total. The van der Waals surface area contributed by atoms with Crippen LogP contribution in [0.3, 0.4) is 0 Å². The summed E-state index contributed by atoms with van der Waals surface area (Å²) < 4.78 is 29.8. The Bertz CT molecular complexity index is 1200. The molecule has 0 bridgehead atoms. The third kappa shape index (κ3) is 3.23. The summed E-state index contributed by atoms with van der Waals surface area (Å²) in [5.41, 5.74) is 2.67. The highest BCUT2D eigenvalue weighted by Crippen LogP contribution is 2.40. The van der Waals surface area contributed by atoms with Gasteiger partial charge in [-0.3, -0.25) is 4.79 Å². The lowest BCUT2D eigenvalue weighted by Crippen LogP contribution is -2.34. The number of nitrogens with zero attached hydrogens (tertiary/aromatic N) is 3. The third-order valence-electron chi connectivity index (χ3n) is 5.96. The number of carbonyl (C=O) groups is 1. The number of benzene rings is 2. The molecule has 2 aliphatic rings. The lowest BCUT2D eigenvalue weighted by Gasteiger charge is -2.29. The first-order chi connectivity index (χ1) is 14.4. The van der Waals surface area contributed by atoms with Crippen LogP contribution < -0.4 is 4.90 Å². The fourth-order valence-electron chi connectivity index (χ4n) is 4.50. The molecule has 2 aliphatic heterocycles. The van der Waals surface area contributed by atoms with Crippen LogP contribution in [0.15, 0.2) is 47.4 Å². The van der Waals surface area contributed by atoms with Gasteiger partial charge in [-0.1, -0.05) is 12.1 Å². The van der Waals surface area contributed by atoms with Crippen LogP contribution in [-0.4, -0.2) is 36.7 Å². The second kappa shape index (κ2) is 7.44. The van der Waals surface area contributed by atoms with Crippen molar-refractivity contribution in [1.82, 2.24) is 9.29 Å². The molecule has 8 heteroatoms. The minimum Gasteiger partial charge on any atom is -0.312 e. The molecular formula is C22H23N3O3S2. The Balaban J connectivity index is 1.50. The molecule has 0 unspecified atom stereocenters. The van der Waals surface area contributed by atoms with E-state index in [4.69, 9.17) is 4.98 Å². The Labute approximate surface area is 180 Å². The summed E-state index contributed by atoms with van der Waals surface area (Å²) in [6, 6.07) is 12.9. The molecule has 0 radical (unpaired) electrons. The molecule has 3 heterocycles. The highest BCUT2D eigenvalue weighted by Gasteiger charge is 2.38. The van der Waals surface area contributed by atoms with Gasteiger partial charge in [0, 0.05) is 25.7 Å². The number of hydrogen-bond donors (Lipinski definition) is 0. The molecular weight excluding hydrogens is 418 g/mol. The molecule has 30 heavy (non-hydrogen) atoms. The van der Waals surface area contributed by atoms with Crippen LogP contribution in [0.5, 0.6) is 0 Å². The van der Waals surface area contributed by atoms with Crippen molar-refractivity contribution in [2.75, 3.05) is 18.0 Å². The van der Waals surface area contributed by atoms with Gasteiger partial charge in [-0.25, -0.2) is 13.4 Å². The summed E-state index contributed by atoms with van der Waals surface area (Å²) in [5, 5.41) is 0.859. The van der Waals surface area contributed by atoms with Crippen molar-refractivity contribution in [2.24, 2.45) is 0 Å². The maximum Gasteiger partial charge on any atom is 0.243 e. The number of amides is 1. The number of carbonyl (C=O) groups excluding carboxylic acids is 1. The molecule has 1 aromatic heterocycles. The lowest BCUT2D eigenvalue weighted by molar-refractivity contribution is -0.116. The standard InChI is InChI=1S/C22H23N3O3S2/c1-15(26)24-12-4-6-16-14-17(10-11-19(16)24)30(27,28)25-13-5-8-20(25)22-23-18-7-2-3-9-21(18)29-22/h2-3,7,9-11,14,20H,4-6,8,12-13H2,1H3/t20-/m0/s1. The predicted molar refractivity (Wildman–Crippen MR) is 118 cm³/mol. The van der Waals surface area contributed by atoms with E-state index in [1.165, 1.54) is 0 Å². The van der Waals surface area contributed by atoms with Crippen molar-refractivity contribution >= 4 is 43.2 Å². The first-order valence-electron chi connectivity index (χ1n) is 10.2. The van der Waals surface area contributed by atoms with Crippen LogP contribution in [0.1, 0.15) is 42.8 Å². The maximum atomic E-state index is 13.6. The highest BCUT2D eigenvalue weighted by atomic mass is 32.2. The number of para-hydroxylation sites is 1. The molecule has 2 aromatic carbocycles. The third-order valence-corrected chi connectivity index (χ3v) is 9.00. The van der Waals surface area contributed by atoms with E-state index in [0.29, 0.717) is 18.0 Å². The van der Waals surface area contributed by atoms with Crippen molar-refractivity contribution in [3.8, 4) is 0 Å². The van der Waals surface area contributed by atoms with E-state index in [1.54, 1.807) is 45.7 Å². The molecule has 1 saturated heterocycles. The average Bonchev–Trinajstić information content (AvgIpc) is 3.39. The SMILES string of the molecule is CC(=O)N1CCCc2cc(S(=O)(=O)N3CCC[C@H]3c3nc4ccccc4s3)ccc21. The van der Waals surface area contributed by atoms with Gasteiger partial charge < -0.3 is 4.90 Å². The Morgan fingerprint density at radius 2 is 1.97 bits per heavy atom. The van der Waals surface area contributed by atoms with E-state index < -0.39 is 10.0 Å². The van der Waals surface area contributed by atoms with Gasteiger partial charge in [-0.05, 0) is 61.6 Å². The highest BCUT2D eigenvalue weighted by molar-refractivity contribution is 7.89. The second-order valence-electron chi connectivity index (χ2n) is 7.86. The molecule has 6 nitrogen and oxygen atoms in total. The molecule has 1 atom stereocenters. The van der Waals surface area contributed by atoms with E-state index in [-0.39, 0.29) is 11.9 Å².